The molecule has 0 bridgehead atoms. The van der Waals surface area contributed by atoms with Gasteiger partial charge in [-0.05, 0) is 43.9 Å². The van der Waals surface area contributed by atoms with Crippen LogP contribution in [0.2, 0.25) is 0 Å². The summed E-state index contributed by atoms with van der Waals surface area (Å²) in [4.78, 5) is 25.5. The first kappa shape index (κ1) is 20.4. The first-order chi connectivity index (χ1) is 12.6. The van der Waals surface area contributed by atoms with Crippen LogP contribution in [0.5, 0.6) is 11.5 Å². The Morgan fingerprint density at radius 1 is 1.27 bits per heavy atom. The molecule has 6 nitrogen and oxygen atoms in total. The number of rotatable bonds is 8. The van der Waals surface area contributed by atoms with E-state index in [1.165, 1.54) is 0 Å². The molecular weight excluding hydrogens is 356 g/mol. The van der Waals surface area contributed by atoms with Crippen LogP contribution in [0.15, 0.2) is 18.2 Å². The SMILES string of the molecule is CCOc1ccc(CCC(=O)NC2CCN(C(=O)CCl)CC2)cc1OC. The van der Waals surface area contributed by atoms with Gasteiger partial charge in [0, 0.05) is 25.6 Å². The zero-order chi connectivity index (χ0) is 18.9. The van der Waals surface area contributed by atoms with E-state index in [9.17, 15) is 9.59 Å². The van der Waals surface area contributed by atoms with Crippen LogP contribution in [-0.2, 0) is 16.0 Å². The molecule has 144 valence electrons. The minimum absolute atomic E-state index is 0.0164. The zero-order valence-corrected chi connectivity index (χ0v) is 16.2. The van der Waals surface area contributed by atoms with E-state index in [4.69, 9.17) is 21.1 Å². The van der Waals surface area contributed by atoms with Crippen LogP contribution in [0.4, 0.5) is 0 Å². The van der Waals surface area contributed by atoms with Crippen LogP contribution in [0.1, 0.15) is 31.7 Å². The van der Waals surface area contributed by atoms with Crippen LogP contribution in [0, 0.1) is 0 Å². The Kier molecular flexibility index (Phi) is 8.04. The Morgan fingerprint density at radius 3 is 2.62 bits per heavy atom. The number of amides is 2. The van der Waals surface area contributed by atoms with Crippen molar-refractivity contribution in [1.29, 1.82) is 0 Å². The fourth-order valence-electron chi connectivity index (χ4n) is 3.06. The van der Waals surface area contributed by atoms with E-state index in [0.717, 1.165) is 18.4 Å². The number of benzene rings is 1. The molecule has 1 aromatic rings. The van der Waals surface area contributed by atoms with Crippen molar-refractivity contribution in [3.8, 4) is 11.5 Å². The number of carbonyl (C=O) groups excluding carboxylic acids is 2. The average Bonchev–Trinajstić information content (AvgIpc) is 2.67. The highest BCUT2D eigenvalue weighted by Gasteiger charge is 2.23. The highest BCUT2D eigenvalue weighted by molar-refractivity contribution is 6.27. The molecule has 2 rings (SSSR count). The number of hydrogen-bond acceptors (Lipinski definition) is 4. The van der Waals surface area contributed by atoms with Gasteiger partial charge in [-0.1, -0.05) is 6.07 Å². The Labute approximate surface area is 159 Å². The van der Waals surface area contributed by atoms with E-state index in [1.807, 2.05) is 25.1 Å². The summed E-state index contributed by atoms with van der Waals surface area (Å²) >= 11 is 5.58. The molecule has 1 heterocycles. The fraction of sp³-hybridized carbons (Fsp3) is 0.579. The van der Waals surface area contributed by atoms with E-state index in [-0.39, 0.29) is 23.7 Å². The monoisotopic (exact) mass is 382 g/mol. The topological polar surface area (TPSA) is 67.9 Å². The molecule has 7 heteroatoms. The largest absolute Gasteiger partial charge is 0.493 e. The number of halogens is 1. The number of ether oxygens (including phenoxy) is 2. The molecule has 0 aromatic heterocycles. The molecule has 0 unspecified atom stereocenters. The van der Waals surface area contributed by atoms with Gasteiger partial charge in [-0.3, -0.25) is 9.59 Å². The van der Waals surface area contributed by atoms with Gasteiger partial charge in [0.25, 0.3) is 0 Å². The first-order valence-electron chi connectivity index (χ1n) is 9.00. The number of hydrogen-bond donors (Lipinski definition) is 1. The predicted octanol–water partition coefficient (Wildman–Crippen LogP) is 2.37. The molecule has 0 atom stereocenters. The summed E-state index contributed by atoms with van der Waals surface area (Å²) in [6.45, 7) is 3.79. The van der Waals surface area contributed by atoms with Crippen molar-refractivity contribution in [3.05, 3.63) is 23.8 Å². The lowest BCUT2D eigenvalue weighted by atomic mass is 10.0. The third-order valence-electron chi connectivity index (χ3n) is 4.50. The van der Waals surface area contributed by atoms with Crippen molar-refractivity contribution in [2.75, 3.05) is 32.7 Å². The number of carbonyl (C=O) groups is 2. The molecule has 26 heavy (non-hydrogen) atoms. The molecule has 1 aliphatic rings. The summed E-state index contributed by atoms with van der Waals surface area (Å²) in [6, 6.07) is 5.86. The Balaban J connectivity index is 1.78. The van der Waals surface area contributed by atoms with Gasteiger partial charge in [0.15, 0.2) is 11.5 Å². The maximum atomic E-state index is 12.2. The van der Waals surface area contributed by atoms with E-state index in [1.54, 1.807) is 12.0 Å². The molecule has 0 aliphatic carbocycles. The summed E-state index contributed by atoms with van der Waals surface area (Å²) in [5, 5.41) is 3.06. The van der Waals surface area contributed by atoms with Gasteiger partial charge < -0.3 is 19.7 Å². The summed E-state index contributed by atoms with van der Waals surface area (Å²) in [5.74, 6) is 1.39. The van der Waals surface area contributed by atoms with Gasteiger partial charge in [-0.25, -0.2) is 0 Å². The zero-order valence-electron chi connectivity index (χ0n) is 15.4. The second-order valence-corrected chi connectivity index (χ2v) is 6.54. The van der Waals surface area contributed by atoms with Crippen molar-refractivity contribution in [2.45, 2.75) is 38.6 Å². The van der Waals surface area contributed by atoms with Gasteiger partial charge in [0.2, 0.25) is 11.8 Å². The number of methoxy groups -OCH3 is 1. The Morgan fingerprint density at radius 2 is 2.00 bits per heavy atom. The number of piperidine rings is 1. The highest BCUT2D eigenvalue weighted by atomic mass is 35.5. The number of nitrogens with zero attached hydrogens (tertiary/aromatic N) is 1. The standard InChI is InChI=1S/C19H27ClN2O4/c1-3-26-16-6-4-14(12-17(16)25-2)5-7-18(23)21-15-8-10-22(11-9-15)19(24)13-20/h4,6,12,15H,3,5,7-11,13H2,1-2H3,(H,21,23). The maximum absolute atomic E-state index is 12.2. The van der Waals surface area contributed by atoms with E-state index < -0.39 is 0 Å². The molecule has 1 aliphatic heterocycles. The molecule has 0 radical (unpaired) electrons. The van der Waals surface area contributed by atoms with Gasteiger partial charge in [0.1, 0.15) is 5.88 Å². The summed E-state index contributed by atoms with van der Waals surface area (Å²) in [5.41, 5.74) is 1.03. The van der Waals surface area contributed by atoms with Crippen molar-refractivity contribution in [3.63, 3.8) is 0 Å². The summed E-state index contributed by atoms with van der Waals surface area (Å²) in [6.07, 6.45) is 2.59. The average molecular weight is 383 g/mol. The molecule has 1 aromatic carbocycles. The Bertz CT molecular complexity index is 616. The van der Waals surface area contributed by atoms with Crippen LogP contribution >= 0.6 is 11.6 Å². The number of aryl methyl sites for hydroxylation is 1. The molecule has 1 saturated heterocycles. The fourth-order valence-corrected chi connectivity index (χ4v) is 3.23. The van der Waals surface area contributed by atoms with Crippen LogP contribution in [0.3, 0.4) is 0 Å². The van der Waals surface area contributed by atoms with Crippen LogP contribution in [-0.4, -0.2) is 55.4 Å². The second-order valence-electron chi connectivity index (χ2n) is 6.27. The molecule has 2 amide bonds. The quantitative estimate of drug-likeness (QED) is 0.701. The smallest absolute Gasteiger partial charge is 0.237 e. The predicted molar refractivity (Wildman–Crippen MR) is 101 cm³/mol. The van der Waals surface area contributed by atoms with Crippen LogP contribution in [0.25, 0.3) is 0 Å². The first-order valence-corrected chi connectivity index (χ1v) is 9.53. The van der Waals surface area contributed by atoms with Crippen LogP contribution < -0.4 is 14.8 Å². The normalized spacial score (nSPS) is 14.8. The molecule has 1 N–H and O–H groups in total. The van der Waals surface area contributed by atoms with Crippen molar-refractivity contribution >= 4 is 23.4 Å². The third-order valence-corrected chi connectivity index (χ3v) is 4.72. The lowest BCUT2D eigenvalue weighted by Crippen LogP contribution is -2.46. The van der Waals surface area contributed by atoms with E-state index in [2.05, 4.69) is 5.32 Å². The third kappa shape index (κ3) is 5.80. The van der Waals surface area contributed by atoms with E-state index in [0.29, 0.717) is 44.0 Å². The lowest BCUT2D eigenvalue weighted by Gasteiger charge is -2.32. The molecule has 0 spiro atoms. The maximum Gasteiger partial charge on any atom is 0.237 e. The van der Waals surface area contributed by atoms with Crippen molar-refractivity contribution in [2.24, 2.45) is 0 Å². The van der Waals surface area contributed by atoms with Gasteiger partial charge >= 0.3 is 0 Å². The Hall–Kier alpha value is -1.95. The van der Waals surface area contributed by atoms with E-state index >= 15 is 0 Å². The lowest BCUT2D eigenvalue weighted by molar-refractivity contribution is -0.129. The van der Waals surface area contributed by atoms with Gasteiger partial charge in [0.05, 0.1) is 13.7 Å². The van der Waals surface area contributed by atoms with Gasteiger partial charge in [-0.2, -0.15) is 0 Å². The van der Waals surface area contributed by atoms with Crippen molar-refractivity contribution in [1.82, 2.24) is 10.2 Å². The number of nitrogens with one attached hydrogen (secondary N) is 1. The second kappa shape index (κ2) is 10.3. The van der Waals surface area contributed by atoms with Crippen molar-refractivity contribution < 1.29 is 19.1 Å². The van der Waals surface area contributed by atoms with Gasteiger partial charge in [-0.15, -0.1) is 11.6 Å². The summed E-state index contributed by atoms with van der Waals surface area (Å²) in [7, 11) is 1.61. The highest BCUT2D eigenvalue weighted by Crippen LogP contribution is 2.28. The molecular formula is C19H27ClN2O4. The summed E-state index contributed by atoms with van der Waals surface area (Å²) < 4.78 is 10.8. The minimum atomic E-state index is -0.0408. The number of alkyl halides is 1. The molecule has 1 fully saturated rings. The molecule has 0 saturated carbocycles. The minimum Gasteiger partial charge on any atom is -0.493 e. The number of likely N-dealkylation sites (tertiary alicyclic amines) is 1.